The lowest BCUT2D eigenvalue weighted by Gasteiger charge is -2.15. The van der Waals surface area contributed by atoms with Gasteiger partial charge in [0.15, 0.2) is 5.78 Å². The van der Waals surface area contributed by atoms with E-state index >= 15 is 0 Å². The molecule has 1 aliphatic heterocycles. The molecule has 0 bridgehead atoms. The second-order valence-corrected chi connectivity index (χ2v) is 2.77. The monoisotopic (exact) mass is 147 g/mol. The zero-order chi connectivity index (χ0) is 7.84. The third kappa shape index (κ3) is 0.827. The third-order valence-corrected chi connectivity index (χ3v) is 2.02. The van der Waals surface area contributed by atoms with Gasteiger partial charge in [-0.2, -0.15) is 0 Å². The lowest BCUT2D eigenvalue weighted by Crippen LogP contribution is -2.15. The summed E-state index contributed by atoms with van der Waals surface area (Å²) >= 11 is 0. The van der Waals surface area contributed by atoms with E-state index < -0.39 is 0 Å². The van der Waals surface area contributed by atoms with Crippen molar-refractivity contribution in [2.75, 3.05) is 13.6 Å². The Labute approximate surface area is 65.5 Å². The fraction of sp³-hybridized carbons (Fsp3) is 0.222. The van der Waals surface area contributed by atoms with Crippen LogP contribution in [0.5, 0.6) is 0 Å². The molecule has 2 aliphatic rings. The van der Waals surface area contributed by atoms with Crippen LogP contribution in [-0.2, 0) is 4.79 Å². The lowest BCUT2D eigenvalue weighted by atomic mass is 10.0. The van der Waals surface area contributed by atoms with Gasteiger partial charge in [-0.15, -0.1) is 0 Å². The Kier molecular flexibility index (Phi) is 1.22. The molecule has 0 atom stereocenters. The van der Waals surface area contributed by atoms with Crippen molar-refractivity contribution in [3.05, 3.63) is 35.6 Å². The number of ketones is 1. The molecule has 0 saturated heterocycles. The number of fused-ring (bicyclic) bond motifs is 1. The number of hydrogen-bond donors (Lipinski definition) is 0. The number of nitrogens with zero attached hydrogens (tertiary/aromatic N) is 1. The normalized spacial score (nSPS) is 21.5. The topological polar surface area (TPSA) is 20.3 Å². The third-order valence-electron chi connectivity index (χ3n) is 2.02. The number of likely N-dealkylation sites (N-methyl/N-ethyl adjacent to an activating group) is 1. The molecule has 0 aromatic heterocycles. The van der Waals surface area contributed by atoms with Gasteiger partial charge in [0.25, 0.3) is 0 Å². The summed E-state index contributed by atoms with van der Waals surface area (Å²) in [7, 11) is 1.99. The van der Waals surface area contributed by atoms with Crippen molar-refractivity contribution in [1.82, 2.24) is 4.90 Å². The maximum atomic E-state index is 11.2. The summed E-state index contributed by atoms with van der Waals surface area (Å²) in [6.45, 7) is 0.856. The smallest absolute Gasteiger partial charge is 0.187 e. The molecule has 0 fully saturated rings. The molecule has 0 aromatic carbocycles. The molecule has 0 saturated carbocycles. The number of carbonyl (C=O) groups is 1. The fourth-order valence-electron chi connectivity index (χ4n) is 1.40. The van der Waals surface area contributed by atoms with Gasteiger partial charge in [-0.3, -0.25) is 4.79 Å². The van der Waals surface area contributed by atoms with Crippen molar-refractivity contribution in [2.24, 2.45) is 0 Å². The van der Waals surface area contributed by atoms with Crippen molar-refractivity contribution in [2.45, 2.75) is 0 Å². The first kappa shape index (κ1) is 6.40. The van der Waals surface area contributed by atoms with Crippen molar-refractivity contribution >= 4 is 5.78 Å². The molecule has 11 heavy (non-hydrogen) atoms. The first-order valence-electron chi connectivity index (χ1n) is 3.63. The largest absolute Gasteiger partial charge is 0.370 e. The zero-order valence-electron chi connectivity index (χ0n) is 6.37. The summed E-state index contributed by atoms with van der Waals surface area (Å²) < 4.78 is 0. The predicted molar refractivity (Wildman–Crippen MR) is 42.9 cm³/mol. The molecule has 0 spiro atoms. The predicted octanol–water partition coefficient (Wildman–Crippen LogP) is 0.881. The molecule has 2 heteroatoms. The maximum absolute atomic E-state index is 11.2. The highest BCUT2D eigenvalue weighted by molar-refractivity contribution is 6.09. The summed E-state index contributed by atoms with van der Waals surface area (Å²) in [5.41, 5.74) is 1.91. The quantitative estimate of drug-likeness (QED) is 0.507. The van der Waals surface area contributed by atoms with Gasteiger partial charge in [0.1, 0.15) is 0 Å². The molecule has 1 aliphatic carbocycles. The van der Waals surface area contributed by atoms with Crippen LogP contribution in [0, 0.1) is 0 Å². The van der Waals surface area contributed by atoms with E-state index in [-0.39, 0.29) is 5.78 Å². The van der Waals surface area contributed by atoms with Gasteiger partial charge in [-0.05, 0) is 12.2 Å². The summed E-state index contributed by atoms with van der Waals surface area (Å²) in [6, 6.07) is 0. The highest BCUT2D eigenvalue weighted by Gasteiger charge is 2.22. The molecule has 0 N–H and O–H groups in total. The minimum absolute atomic E-state index is 0.131. The van der Waals surface area contributed by atoms with E-state index in [1.807, 2.05) is 19.2 Å². The molecular formula is C9H9NO. The van der Waals surface area contributed by atoms with Crippen LogP contribution in [0.4, 0.5) is 0 Å². The van der Waals surface area contributed by atoms with E-state index in [1.165, 1.54) is 0 Å². The van der Waals surface area contributed by atoms with E-state index in [9.17, 15) is 4.79 Å². The van der Waals surface area contributed by atoms with Crippen molar-refractivity contribution in [3.8, 4) is 0 Å². The average Bonchev–Trinajstić information content (AvgIpc) is 2.35. The molecule has 1 heterocycles. The molecule has 2 nitrogen and oxygen atoms in total. The Hall–Kier alpha value is -1.31. The van der Waals surface area contributed by atoms with Crippen LogP contribution in [0.3, 0.4) is 0 Å². The highest BCUT2D eigenvalue weighted by Crippen LogP contribution is 2.24. The van der Waals surface area contributed by atoms with Gasteiger partial charge in [-0.25, -0.2) is 0 Å². The van der Waals surface area contributed by atoms with Gasteiger partial charge in [0.2, 0.25) is 0 Å². The molecule has 0 radical (unpaired) electrons. The molecular weight excluding hydrogens is 138 g/mol. The van der Waals surface area contributed by atoms with E-state index in [4.69, 9.17) is 0 Å². The number of carbonyl (C=O) groups excluding carboxylic acids is 1. The fourth-order valence-corrected chi connectivity index (χ4v) is 1.40. The van der Waals surface area contributed by atoms with Crippen molar-refractivity contribution in [3.63, 3.8) is 0 Å². The SMILES string of the molecule is CN1CC=C2C(=O)C=CC=C21. The number of rotatable bonds is 0. The second-order valence-electron chi connectivity index (χ2n) is 2.77. The zero-order valence-corrected chi connectivity index (χ0v) is 6.37. The van der Waals surface area contributed by atoms with Crippen LogP contribution in [-0.4, -0.2) is 24.3 Å². The maximum Gasteiger partial charge on any atom is 0.187 e. The molecule has 0 amide bonds. The molecule has 0 unspecified atom stereocenters. The van der Waals surface area contributed by atoms with Crippen LogP contribution in [0.2, 0.25) is 0 Å². The van der Waals surface area contributed by atoms with Gasteiger partial charge in [0.05, 0.1) is 0 Å². The van der Waals surface area contributed by atoms with Crippen LogP contribution >= 0.6 is 0 Å². The standard InChI is InChI=1S/C9H9NO/c1-10-6-5-7-8(10)3-2-4-9(7)11/h2-5H,6H2,1H3. The average molecular weight is 147 g/mol. The van der Waals surface area contributed by atoms with E-state index in [1.54, 1.807) is 12.2 Å². The van der Waals surface area contributed by atoms with Crippen molar-refractivity contribution < 1.29 is 4.79 Å². The molecule has 0 aromatic rings. The van der Waals surface area contributed by atoms with Crippen molar-refractivity contribution in [1.29, 1.82) is 0 Å². The van der Waals surface area contributed by atoms with E-state index in [0.29, 0.717) is 0 Å². The van der Waals surface area contributed by atoms with Gasteiger partial charge < -0.3 is 4.90 Å². The Bertz CT molecular complexity index is 297. The van der Waals surface area contributed by atoms with Gasteiger partial charge in [0, 0.05) is 24.9 Å². The Balaban J connectivity index is 2.46. The second kappa shape index (κ2) is 2.09. The van der Waals surface area contributed by atoms with Crippen LogP contribution in [0.15, 0.2) is 35.6 Å². The van der Waals surface area contributed by atoms with Crippen LogP contribution in [0.25, 0.3) is 0 Å². The Morgan fingerprint density at radius 1 is 1.55 bits per heavy atom. The summed E-state index contributed by atoms with van der Waals surface area (Å²) in [5.74, 6) is 0.131. The minimum atomic E-state index is 0.131. The van der Waals surface area contributed by atoms with Crippen LogP contribution in [0.1, 0.15) is 0 Å². The highest BCUT2D eigenvalue weighted by atomic mass is 16.1. The molecule has 56 valence electrons. The summed E-state index contributed by atoms with van der Waals surface area (Å²) in [5, 5.41) is 0. The molecule has 2 rings (SSSR count). The Morgan fingerprint density at radius 2 is 2.36 bits per heavy atom. The minimum Gasteiger partial charge on any atom is -0.370 e. The number of hydrogen-bond acceptors (Lipinski definition) is 2. The first-order chi connectivity index (χ1) is 5.29. The lowest BCUT2D eigenvalue weighted by molar-refractivity contribution is -0.111. The van der Waals surface area contributed by atoms with Gasteiger partial charge >= 0.3 is 0 Å². The Morgan fingerprint density at radius 3 is 3.09 bits per heavy atom. The van der Waals surface area contributed by atoms with Crippen LogP contribution < -0.4 is 0 Å². The number of allylic oxidation sites excluding steroid dienone is 4. The summed E-state index contributed by atoms with van der Waals surface area (Å²) in [4.78, 5) is 13.3. The van der Waals surface area contributed by atoms with Gasteiger partial charge in [-0.1, -0.05) is 12.2 Å². The first-order valence-corrected chi connectivity index (χ1v) is 3.63. The summed E-state index contributed by atoms with van der Waals surface area (Å²) in [6.07, 6.45) is 7.35. The van der Waals surface area contributed by atoms with E-state index in [2.05, 4.69) is 4.90 Å². The van der Waals surface area contributed by atoms with E-state index in [0.717, 1.165) is 17.8 Å².